The molecule has 5 nitrogen and oxygen atoms in total. The van der Waals surface area contributed by atoms with E-state index in [9.17, 15) is 22.5 Å². The molecule has 35 heavy (non-hydrogen) atoms. The van der Waals surface area contributed by atoms with Gasteiger partial charge in [0.05, 0.1) is 5.69 Å². The van der Waals surface area contributed by atoms with Crippen LogP contribution in [0.5, 0.6) is 0 Å². The predicted octanol–water partition coefficient (Wildman–Crippen LogP) is 6.23. The monoisotopic (exact) mass is 495 g/mol. The Morgan fingerprint density at radius 1 is 0.771 bits per heavy atom. The molecule has 0 spiro atoms. The van der Waals surface area contributed by atoms with Gasteiger partial charge in [-0.25, -0.2) is 22.7 Å². The Hall–Kier alpha value is -3.95. The molecule has 4 rings (SSSR count). The first-order valence-corrected chi connectivity index (χ1v) is 11.7. The summed E-state index contributed by atoms with van der Waals surface area (Å²) in [5.74, 6) is -3.45. The number of benzene rings is 4. The number of rotatable bonds is 7. The van der Waals surface area contributed by atoms with Crippen LogP contribution in [0.25, 0.3) is 11.1 Å². The van der Waals surface area contributed by atoms with E-state index < -0.39 is 34.8 Å². The van der Waals surface area contributed by atoms with Gasteiger partial charge in [-0.15, -0.1) is 0 Å². The first-order chi connectivity index (χ1) is 16.9. The van der Waals surface area contributed by atoms with Gasteiger partial charge in [-0.2, -0.15) is 0 Å². The highest BCUT2D eigenvalue weighted by Gasteiger charge is 2.18. The van der Waals surface area contributed by atoms with Crippen molar-refractivity contribution in [3.05, 3.63) is 114 Å². The Labute approximate surface area is 203 Å². The molecule has 1 atom stereocenters. The van der Waals surface area contributed by atoms with E-state index in [1.807, 2.05) is 48.5 Å². The zero-order chi connectivity index (χ0) is 24.8. The third-order valence-electron chi connectivity index (χ3n) is 5.05. The van der Waals surface area contributed by atoms with Gasteiger partial charge in [0.2, 0.25) is 0 Å². The maximum absolute atomic E-state index is 13.7. The lowest BCUT2D eigenvalue weighted by atomic mass is 10.1. The van der Waals surface area contributed by atoms with Crippen LogP contribution in [-0.2, 0) is 17.9 Å². The zero-order valence-corrected chi connectivity index (χ0v) is 19.0. The van der Waals surface area contributed by atoms with Crippen LogP contribution >= 0.6 is 0 Å². The molecule has 2 amide bonds. The Balaban J connectivity index is 1.36. The molecule has 3 N–H and O–H groups in total. The molecule has 0 aliphatic rings. The van der Waals surface area contributed by atoms with Crippen molar-refractivity contribution in [2.45, 2.75) is 11.4 Å². The summed E-state index contributed by atoms with van der Waals surface area (Å²) >= 11 is -1.54. The number of nitrogens with one attached hydrogen (secondary N) is 3. The number of hydrogen-bond donors (Lipinski definition) is 3. The third-order valence-corrected chi connectivity index (χ3v) is 6.23. The van der Waals surface area contributed by atoms with E-state index in [1.165, 1.54) is 0 Å². The average molecular weight is 496 g/mol. The molecule has 0 saturated heterocycles. The summed E-state index contributed by atoms with van der Waals surface area (Å²) in [6.45, 7) is -0.325. The van der Waals surface area contributed by atoms with Crippen molar-refractivity contribution in [1.29, 1.82) is 0 Å². The van der Waals surface area contributed by atoms with E-state index in [4.69, 9.17) is 0 Å². The second kappa shape index (κ2) is 11.0. The molecule has 4 aromatic rings. The van der Waals surface area contributed by atoms with Crippen molar-refractivity contribution >= 4 is 28.8 Å². The SMILES string of the molecule is O=C(NCc1cc(F)c(F)cc1F)Nc1ccc(N[S+]([O-])c2ccccc2-c2ccccc2)cc1. The normalized spacial score (nSPS) is 11.5. The Morgan fingerprint density at radius 3 is 2.14 bits per heavy atom. The smallest absolute Gasteiger partial charge is 0.319 e. The Kier molecular flexibility index (Phi) is 7.59. The van der Waals surface area contributed by atoms with Crippen LogP contribution in [0.15, 0.2) is 95.9 Å². The Morgan fingerprint density at radius 2 is 1.40 bits per heavy atom. The predicted molar refractivity (Wildman–Crippen MR) is 131 cm³/mol. The summed E-state index contributed by atoms with van der Waals surface area (Å²) < 4.78 is 55.9. The fraction of sp³-hybridized carbons (Fsp3) is 0.0385. The first-order valence-electron chi connectivity index (χ1n) is 10.5. The zero-order valence-electron chi connectivity index (χ0n) is 18.2. The minimum atomic E-state index is -1.54. The van der Waals surface area contributed by atoms with Crippen LogP contribution in [0, 0.1) is 17.5 Å². The van der Waals surface area contributed by atoms with Crippen LogP contribution < -0.4 is 15.4 Å². The van der Waals surface area contributed by atoms with Gasteiger partial charge in [-0.1, -0.05) is 42.5 Å². The van der Waals surface area contributed by atoms with E-state index in [-0.39, 0.29) is 12.1 Å². The van der Waals surface area contributed by atoms with Crippen LogP contribution in [0.3, 0.4) is 0 Å². The topological polar surface area (TPSA) is 76.2 Å². The molecule has 0 bridgehead atoms. The maximum Gasteiger partial charge on any atom is 0.319 e. The number of amides is 2. The van der Waals surface area contributed by atoms with Gasteiger partial charge in [-0.3, -0.25) is 0 Å². The van der Waals surface area contributed by atoms with Crippen molar-refractivity contribution < 1.29 is 22.5 Å². The number of halogens is 3. The summed E-state index contributed by atoms with van der Waals surface area (Å²) in [5.41, 5.74) is 2.62. The van der Waals surface area contributed by atoms with Gasteiger partial charge < -0.3 is 15.2 Å². The summed E-state index contributed by atoms with van der Waals surface area (Å²) in [7, 11) is 0. The molecule has 178 valence electrons. The maximum atomic E-state index is 13.7. The van der Waals surface area contributed by atoms with Crippen molar-refractivity contribution in [3.63, 3.8) is 0 Å². The lowest BCUT2D eigenvalue weighted by Crippen LogP contribution is -2.28. The fourth-order valence-electron chi connectivity index (χ4n) is 3.32. The van der Waals surface area contributed by atoms with Crippen LogP contribution in [0.4, 0.5) is 29.3 Å². The summed E-state index contributed by atoms with van der Waals surface area (Å²) in [5, 5.41) is 4.94. The minimum absolute atomic E-state index is 0.183. The van der Waals surface area contributed by atoms with Gasteiger partial charge in [0.15, 0.2) is 16.5 Å². The highest BCUT2D eigenvalue weighted by atomic mass is 32.2. The number of carbonyl (C=O) groups is 1. The molecule has 4 aromatic carbocycles. The van der Waals surface area contributed by atoms with E-state index >= 15 is 0 Å². The van der Waals surface area contributed by atoms with Gasteiger partial charge in [0.25, 0.3) is 0 Å². The number of hydrogen-bond acceptors (Lipinski definition) is 3. The highest BCUT2D eigenvalue weighted by Crippen LogP contribution is 2.28. The third kappa shape index (κ3) is 6.14. The molecule has 0 saturated carbocycles. The van der Waals surface area contributed by atoms with Gasteiger partial charge >= 0.3 is 6.03 Å². The van der Waals surface area contributed by atoms with Crippen LogP contribution in [0.2, 0.25) is 0 Å². The molecule has 0 radical (unpaired) electrons. The standard InChI is InChI=1S/C26H20F3N3O2S/c27-22-15-24(29)23(28)14-18(22)16-30-26(33)31-19-10-12-20(13-11-19)32-35(34)25-9-5-4-8-21(25)17-6-2-1-3-7-17/h1-15,32H,16H2,(H2,30,31,33). The van der Waals surface area contributed by atoms with Gasteiger partial charge in [0.1, 0.15) is 17.2 Å². The Bertz CT molecular complexity index is 1320. The highest BCUT2D eigenvalue weighted by molar-refractivity contribution is 7.92. The summed E-state index contributed by atoms with van der Waals surface area (Å²) in [6.07, 6.45) is 0. The van der Waals surface area contributed by atoms with Crippen molar-refractivity contribution in [3.8, 4) is 11.1 Å². The number of anilines is 2. The van der Waals surface area contributed by atoms with E-state index in [0.717, 1.165) is 11.1 Å². The van der Waals surface area contributed by atoms with Gasteiger partial charge in [0, 0.05) is 29.4 Å². The summed E-state index contributed by atoms with van der Waals surface area (Å²) in [6, 6.07) is 24.0. The van der Waals surface area contributed by atoms with Crippen molar-refractivity contribution in [2.24, 2.45) is 0 Å². The average Bonchev–Trinajstić information content (AvgIpc) is 2.87. The van der Waals surface area contributed by atoms with E-state index in [1.54, 1.807) is 30.3 Å². The van der Waals surface area contributed by atoms with Crippen molar-refractivity contribution in [1.82, 2.24) is 5.32 Å². The van der Waals surface area contributed by atoms with E-state index in [2.05, 4.69) is 15.4 Å². The quantitative estimate of drug-likeness (QED) is 0.210. The fourth-order valence-corrected chi connectivity index (χ4v) is 4.37. The minimum Gasteiger partial charge on any atom is -0.588 e. The van der Waals surface area contributed by atoms with Gasteiger partial charge in [-0.05, 0) is 48.0 Å². The largest absolute Gasteiger partial charge is 0.588 e. The second-order valence-electron chi connectivity index (χ2n) is 7.48. The molecule has 0 aliphatic carbocycles. The molecule has 9 heteroatoms. The molecular weight excluding hydrogens is 475 g/mol. The van der Waals surface area contributed by atoms with E-state index in [0.29, 0.717) is 28.4 Å². The molecular formula is C26H20F3N3O2S. The number of carbonyl (C=O) groups excluding carboxylic acids is 1. The first kappa shape index (κ1) is 24.2. The lowest BCUT2D eigenvalue weighted by Gasteiger charge is -2.15. The number of urea groups is 1. The molecule has 0 aliphatic heterocycles. The van der Waals surface area contributed by atoms with Crippen LogP contribution in [0.1, 0.15) is 5.56 Å². The molecule has 0 aromatic heterocycles. The molecule has 0 fully saturated rings. The van der Waals surface area contributed by atoms with Crippen molar-refractivity contribution in [2.75, 3.05) is 10.0 Å². The second-order valence-corrected chi connectivity index (χ2v) is 8.66. The lowest BCUT2D eigenvalue weighted by molar-refractivity contribution is 0.251. The molecule has 1 unspecified atom stereocenters. The molecule has 0 heterocycles. The van der Waals surface area contributed by atoms with Crippen LogP contribution in [-0.4, -0.2) is 10.6 Å². The summed E-state index contributed by atoms with van der Waals surface area (Å²) in [4.78, 5) is 12.7.